The molecule has 4 nitrogen and oxygen atoms in total. The molecule has 0 amide bonds. The second-order valence-electron chi connectivity index (χ2n) is 33.9. The van der Waals surface area contributed by atoms with Gasteiger partial charge in [-0.3, -0.25) is 0 Å². The minimum atomic E-state index is -1.84. The molecule has 5 heteroatoms. The molecule has 2 aliphatic heterocycles. The van der Waals surface area contributed by atoms with Gasteiger partial charge in [-0.25, -0.2) is 0 Å². The molecule has 0 aliphatic carbocycles. The van der Waals surface area contributed by atoms with Crippen molar-refractivity contribution >= 4 is 101 Å². The number of aromatic nitrogens is 2. The van der Waals surface area contributed by atoms with E-state index < -0.39 is 119 Å². The zero-order chi connectivity index (χ0) is 98.0. The first-order valence-corrected chi connectivity index (χ1v) is 40.4. The summed E-state index contributed by atoms with van der Waals surface area (Å²) >= 11 is 0. The molecule has 21 rings (SSSR count). The summed E-state index contributed by atoms with van der Waals surface area (Å²) in [4.78, 5) is 3.58. The lowest BCUT2D eigenvalue weighted by Gasteiger charge is -2.47. The third-order valence-corrected chi connectivity index (χ3v) is 23.2. The Balaban J connectivity index is 1.05. The monoisotopic (exact) mass is 1550 g/mol. The summed E-state index contributed by atoms with van der Waals surface area (Å²) in [5.74, 6) is 0. The van der Waals surface area contributed by atoms with E-state index in [1.807, 2.05) is 142 Å². The lowest BCUT2D eigenvalue weighted by Crippen LogP contribution is -2.61. The van der Waals surface area contributed by atoms with Gasteiger partial charge in [0.1, 0.15) is 0 Å². The molecule has 0 atom stereocenters. The van der Waals surface area contributed by atoms with E-state index in [4.69, 9.17) is 0 Å². The molecule has 0 unspecified atom stereocenters. The van der Waals surface area contributed by atoms with Gasteiger partial charge in [-0.2, -0.15) is 0 Å². The molecular formula is C114H91BN4. The highest BCUT2D eigenvalue weighted by Gasteiger charge is 2.47. The van der Waals surface area contributed by atoms with Crippen LogP contribution in [-0.2, 0) is 16.2 Å². The predicted octanol–water partition coefficient (Wildman–Crippen LogP) is 29.2. The topological polar surface area (TPSA) is 16.3 Å². The highest BCUT2D eigenvalue weighted by Crippen LogP contribution is 2.57. The Hall–Kier alpha value is -14.0. The van der Waals surface area contributed by atoms with Gasteiger partial charge in [-0.05, 0) is 213 Å². The Morgan fingerprint density at radius 1 is 0.252 bits per heavy atom. The van der Waals surface area contributed by atoms with Crippen LogP contribution in [0, 0.1) is 0 Å². The third kappa shape index (κ3) is 12.4. The summed E-state index contributed by atoms with van der Waals surface area (Å²) in [6.45, 7) is 16.4. The molecule has 2 aromatic heterocycles. The smallest absolute Gasteiger partial charge is 0.252 e. The molecule has 570 valence electrons. The van der Waals surface area contributed by atoms with Gasteiger partial charge in [-0.15, -0.1) is 0 Å². The van der Waals surface area contributed by atoms with E-state index >= 15 is 0 Å². The van der Waals surface area contributed by atoms with Gasteiger partial charge >= 0.3 is 0 Å². The average Bonchev–Trinajstić information content (AvgIpc) is 1.62. The Labute approximate surface area is 727 Å². The maximum atomic E-state index is 12.3. The van der Waals surface area contributed by atoms with E-state index in [0.29, 0.717) is 78.1 Å². The first-order chi connectivity index (χ1) is 66.4. The first-order valence-electron chi connectivity index (χ1n) is 50.4. The summed E-state index contributed by atoms with van der Waals surface area (Å²) in [5, 5.41) is -0.315. The highest BCUT2D eigenvalue weighted by atomic mass is 15.2. The minimum Gasteiger partial charge on any atom is -0.310 e. The molecular weight excluding hydrogens is 1440 g/mol. The second-order valence-corrected chi connectivity index (χ2v) is 33.9. The van der Waals surface area contributed by atoms with Crippen molar-refractivity contribution in [3.8, 4) is 100 Å². The van der Waals surface area contributed by atoms with Crippen LogP contribution in [0.5, 0.6) is 0 Å². The quantitative estimate of drug-likeness (QED) is 0.113. The number of hydrogen-bond acceptors (Lipinski definition) is 2. The number of fused-ring (bicyclic) bond motifs is 10. The molecule has 0 fully saturated rings. The van der Waals surface area contributed by atoms with Crippen LogP contribution in [0.2, 0.25) is 0 Å². The first kappa shape index (κ1) is 54.0. The van der Waals surface area contributed by atoms with E-state index in [-0.39, 0.29) is 147 Å². The normalized spacial score (nSPS) is 15.1. The van der Waals surface area contributed by atoms with Crippen molar-refractivity contribution in [2.75, 3.05) is 9.80 Å². The van der Waals surface area contributed by atoms with Crippen LogP contribution < -0.4 is 26.2 Å². The summed E-state index contributed by atoms with van der Waals surface area (Å²) in [6.07, 6.45) is 0. The van der Waals surface area contributed by atoms with E-state index in [2.05, 4.69) is 65.8 Å². The average molecular weight is 1550 g/mol. The summed E-state index contributed by atoms with van der Waals surface area (Å²) in [7, 11) is 0. The SMILES string of the molecule is [2H]c1c([2H])c(-n2c3c([2H])c([2H])c([2H])c([2H])c3c3c(-c4ccccc4)c([2H])c(-c4ccccc4)c([2H])c32)c([2H])c2c1B1c3c([2H])c([2H])c(-n4c5c([2H])c([2H])c([2H])c([2H])c5c5c(-c6ccccc6)c([2H])c(-c6ccccc6)c([2H])c54)c([2H])c3N(c3c(-c4ccccc4)cc(C(C)(C)C)cc3-c3ccccc3)c3c([2H])c(C(C)(C)C)c([2H])c(c31)N2c1c(-c2ccccc2)cc(C(C)(C)C)cc1-c1ccccc1. The fourth-order valence-corrected chi connectivity index (χ4v) is 17.4. The van der Waals surface area contributed by atoms with Crippen molar-refractivity contribution in [2.45, 2.75) is 78.6 Å². The van der Waals surface area contributed by atoms with E-state index in [9.17, 15) is 27.4 Å². The number of hydrogen-bond donors (Lipinski definition) is 0. The van der Waals surface area contributed by atoms with Gasteiger partial charge in [0, 0.05) is 77.9 Å². The molecule has 0 bridgehead atoms. The zero-order valence-electron chi connectivity index (χ0n) is 87.3. The van der Waals surface area contributed by atoms with Gasteiger partial charge in [0.2, 0.25) is 0 Å². The predicted molar refractivity (Wildman–Crippen MR) is 509 cm³/mol. The van der Waals surface area contributed by atoms with Gasteiger partial charge in [-0.1, -0.05) is 353 Å². The molecule has 0 spiro atoms. The summed E-state index contributed by atoms with van der Waals surface area (Å²) in [5.41, 5.74) is 3.87. The molecule has 4 heterocycles. The third-order valence-electron chi connectivity index (χ3n) is 23.2. The van der Waals surface area contributed by atoms with Gasteiger partial charge < -0.3 is 18.9 Å². The van der Waals surface area contributed by atoms with Crippen LogP contribution in [0.4, 0.5) is 34.1 Å². The zero-order valence-corrected chi connectivity index (χ0v) is 67.3. The summed E-state index contributed by atoms with van der Waals surface area (Å²) in [6, 6.07) is 71.2. The van der Waals surface area contributed by atoms with Crippen LogP contribution in [0.25, 0.3) is 144 Å². The van der Waals surface area contributed by atoms with Crippen molar-refractivity contribution < 1.29 is 27.4 Å². The molecule has 19 aromatic rings. The molecule has 2 aliphatic rings. The lowest BCUT2D eigenvalue weighted by molar-refractivity contribution is 0.590. The fraction of sp³-hybridized carbons (Fsp3) is 0.105. The van der Waals surface area contributed by atoms with E-state index in [1.165, 1.54) is 9.13 Å². The van der Waals surface area contributed by atoms with Crippen LogP contribution in [-0.4, -0.2) is 15.8 Å². The van der Waals surface area contributed by atoms with Crippen LogP contribution in [0.3, 0.4) is 0 Å². The van der Waals surface area contributed by atoms with Gasteiger partial charge in [0.05, 0.1) is 60.9 Å². The Morgan fingerprint density at radius 3 is 0.840 bits per heavy atom. The Bertz CT molecular complexity index is 7850. The van der Waals surface area contributed by atoms with Crippen LogP contribution in [0.1, 0.15) is 106 Å². The molecule has 0 saturated carbocycles. The number of nitrogens with zero attached hydrogens (tertiary/aromatic N) is 4. The van der Waals surface area contributed by atoms with Crippen molar-refractivity contribution in [1.82, 2.24) is 9.13 Å². The van der Waals surface area contributed by atoms with Gasteiger partial charge in [0.25, 0.3) is 6.71 Å². The summed E-state index contributed by atoms with van der Waals surface area (Å²) < 4.78 is 221. The second kappa shape index (κ2) is 28.4. The largest absolute Gasteiger partial charge is 0.310 e. The lowest BCUT2D eigenvalue weighted by atomic mass is 9.33. The van der Waals surface area contributed by atoms with Gasteiger partial charge in [0.15, 0.2) is 0 Å². The molecule has 17 aromatic carbocycles. The maximum absolute atomic E-state index is 12.3. The van der Waals surface area contributed by atoms with E-state index in [1.54, 1.807) is 131 Å². The number of para-hydroxylation sites is 2. The minimum absolute atomic E-state index is 0.00533. The van der Waals surface area contributed by atoms with E-state index in [0.717, 1.165) is 11.1 Å². The van der Waals surface area contributed by atoms with Crippen molar-refractivity contribution in [1.29, 1.82) is 0 Å². The van der Waals surface area contributed by atoms with Crippen LogP contribution >= 0.6 is 0 Å². The maximum Gasteiger partial charge on any atom is 0.252 e. The molecule has 0 radical (unpaired) electrons. The van der Waals surface area contributed by atoms with Crippen molar-refractivity contribution in [3.63, 3.8) is 0 Å². The van der Waals surface area contributed by atoms with Crippen LogP contribution in [0.15, 0.2) is 388 Å². The number of anilines is 6. The molecule has 119 heavy (non-hydrogen) atoms. The van der Waals surface area contributed by atoms with Crippen molar-refractivity contribution in [2.24, 2.45) is 0 Å². The molecule has 0 N–H and O–H groups in total. The fourth-order valence-electron chi connectivity index (χ4n) is 17.4. The molecule has 0 saturated heterocycles. The number of benzene rings is 17. The Morgan fingerprint density at radius 2 is 0.538 bits per heavy atom. The highest BCUT2D eigenvalue weighted by molar-refractivity contribution is 7.00. The number of rotatable bonds is 12. The standard InChI is InChI=1S/C114H91BN4/c1-112(2,3)84-66-93(78-46-26-14-27-47-78)110(94(67-84)79-48-28-15-29-49-79)118-101-72-87(116-99-56-36-34-54-89(99)107-91(76-42-22-12-23-43-76)62-82(64-103(107)116)74-38-18-10-19-39-74)58-60-97(101)115-98-61-59-88(117-100-57-37-35-55-90(100)108-92(77-44-24-13-25-45-77)63-83(65-104(108)117)75-40-20-11-21-41-75)73-102(98)119(106-71-86(114(7,8)9)70-105(118)109(106)115)111-95(80-50-30-16-31-51-80)68-85(113(4,5)6)69-96(111)81-52-32-17-33-53-81/h10-73H,1-9H3/i34D,35D,36D,37D,54D,55D,56D,57D,58D,59D,60D,61D,62D,63D,64D,65D,70D,71D,72D,73D. The van der Waals surface area contributed by atoms with Crippen molar-refractivity contribution in [3.05, 3.63) is 404 Å². The Kier molecular flexibility index (Phi) is 12.9.